The number of halogens is 1. The van der Waals surface area contributed by atoms with Gasteiger partial charge < -0.3 is 14.5 Å². The van der Waals surface area contributed by atoms with Crippen LogP contribution in [0.25, 0.3) is 0 Å². The zero-order valence-corrected chi connectivity index (χ0v) is 12.2. The van der Waals surface area contributed by atoms with Gasteiger partial charge in [-0.2, -0.15) is 0 Å². The number of hydrogen-bond acceptors (Lipinski definition) is 3. The summed E-state index contributed by atoms with van der Waals surface area (Å²) in [7, 11) is 0. The quantitative estimate of drug-likeness (QED) is 0.871. The second-order valence-electron chi connectivity index (χ2n) is 5.27. The second kappa shape index (κ2) is 5.90. The number of nitrogens with one attached hydrogen (secondary N) is 1. The molecule has 2 aromatic rings. The van der Waals surface area contributed by atoms with E-state index in [0.717, 1.165) is 23.6 Å². The molecular formula is C16H18ClNO2. The highest BCUT2D eigenvalue weighted by Crippen LogP contribution is 2.24. The first-order chi connectivity index (χ1) is 9.70. The fourth-order valence-corrected chi connectivity index (χ4v) is 2.18. The van der Waals surface area contributed by atoms with E-state index in [0.29, 0.717) is 17.7 Å². The molecule has 4 heteroatoms. The molecule has 1 aromatic heterocycles. The van der Waals surface area contributed by atoms with Crippen LogP contribution in [-0.2, 0) is 13.2 Å². The Morgan fingerprint density at radius 1 is 1.35 bits per heavy atom. The highest BCUT2D eigenvalue weighted by molar-refractivity contribution is 6.30. The minimum atomic E-state index is 0.421. The molecule has 3 nitrogen and oxygen atoms in total. The van der Waals surface area contributed by atoms with E-state index in [4.69, 9.17) is 20.8 Å². The van der Waals surface area contributed by atoms with E-state index in [1.165, 1.54) is 18.4 Å². The molecule has 0 aliphatic heterocycles. The van der Waals surface area contributed by atoms with Crippen LogP contribution in [0.2, 0.25) is 5.02 Å². The molecule has 0 unspecified atom stereocenters. The molecule has 0 saturated heterocycles. The van der Waals surface area contributed by atoms with Gasteiger partial charge in [0.15, 0.2) is 0 Å². The average Bonchev–Trinajstić information content (AvgIpc) is 3.16. The number of rotatable bonds is 6. The zero-order chi connectivity index (χ0) is 13.9. The predicted molar refractivity (Wildman–Crippen MR) is 79.1 cm³/mol. The Bertz CT molecular complexity index is 590. The van der Waals surface area contributed by atoms with E-state index >= 15 is 0 Å². The molecule has 1 fully saturated rings. The van der Waals surface area contributed by atoms with Crippen LogP contribution < -0.4 is 10.1 Å². The van der Waals surface area contributed by atoms with Gasteiger partial charge >= 0.3 is 0 Å². The number of benzene rings is 1. The summed E-state index contributed by atoms with van der Waals surface area (Å²) in [5.41, 5.74) is 2.23. The molecule has 0 spiro atoms. The normalized spacial score (nSPS) is 14.5. The van der Waals surface area contributed by atoms with Crippen LogP contribution in [0.1, 0.15) is 29.7 Å². The fourth-order valence-electron chi connectivity index (χ4n) is 2.02. The highest BCUT2D eigenvalue weighted by Gasteiger charge is 2.20. The molecule has 1 N–H and O–H groups in total. The van der Waals surface area contributed by atoms with Crippen molar-refractivity contribution in [1.82, 2.24) is 5.32 Å². The summed E-state index contributed by atoms with van der Waals surface area (Å²) >= 11 is 5.97. The smallest absolute Gasteiger partial charge is 0.146 e. The Morgan fingerprint density at radius 3 is 3.00 bits per heavy atom. The first kappa shape index (κ1) is 13.5. The van der Waals surface area contributed by atoms with Crippen LogP contribution in [0.4, 0.5) is 0 Å². The zero-order valence-electron chi connectivity index (χ0n) is 11.5. The second-order valence-corrected chi connectivity index (χ2v) is 5.71. The molecule has 3 rings (SSSR count). The van der Waals surface area contributed by atoms with Gasteiger partial charge in [-0.25, -0.2) is 0 Å². The lowest BCUT2D eigenvalue weighted by Gasteiger charge is -2.07. The van der Waals surface area contributed by atoms with Gasteiger partial charge in [-0.05, 0) is 43.5 Å². The van der Waals surface area contributed by atoms with Crippen LogP contribution >= 0.6 is 11.6 Å². The van der Waals surface area contributed by atoms with Crippen LogP contribution in [-0.4, -0.2) is 6.04 Å². The van der Waals surface area contributed by atoms with Crippen LogP contribution in [0.5, 0.6) is 5.75 Å². The van der Waals surface area contributed by atoms with Gasteiger partial charge in [-0.3, -0.25) is 0 Å². The molecule has 0 atom stereocenters. The van der Waals surface area contributed by atoms with Crippen molar-refractivity contribution in [3.63, 3.8) is 0 Å². The maximum atomic E-state index is 5.97. The van der Waals surface area contributed by atoms with Gasteiger partial charge in [0.25, 0.3) is 0 Å². The van der Waals surface area contributed by atoms with Crippen molar-refractivity contribution in [2.45, 2.75) is 39.0 Å². The number of furan rings is 1. The van der Waals surface area contributed by atoms with Gasteiger partial charge in [0.05, 0.1) is 6.26 Å². The Morgan fingerprint density at radius 2 is 2.20 bits per heavy atom. The first-order valence-corrected chi connectivity index (χ1v) is 7.27. The molecule has 1 heterocycles. The number of aryl methyl sites for hydroxylation is 1. The Labute approximate surface area is 123 Å². The third kappa shape index (κ3) is 3.56. The number of hydrogen-bond donors (Lipinski definition) is 1. The van der Waals surface area contributed by atoms with Gasteiger partial charge in [0.1, 0.15) is 18.1 Å². The lowest BCUT2D eigenvalue weighted by Crippen LogP contribution is -2.14. The van der Waals surface area contributed by atoms with E-state index in [1.807, 2.05) is 31.2 Å². The molecule has 0 radical (unpaired) electrons. The summed E-state index contributed by atoms with van der Waals surface area (Å²) in [6.45, 7) is 3.29. The Hall–Kier alpha value is -1.45. The molecule has 1 saturated carbocycles. The van der Waals surface area contributed by atoms with Crippen molar-refractivity contribution in [1.29, 1.82) is 0 Å². The van der Waals surface area contributed by atoms with E-state index in [2.05, 4.69) is 5.32 Å². The monoisotopic (exact) mass is 291 g/mol. The maximum absolute atomic E-state index is 5.97. The van der Waals surface area contributed by atoms with Gasteiger partial charge in [0, 0.05) is 23.2 Å². The lowest BCUT2D eigenvalue weighted by atomic mass is 10.2. The van der Waals surface area contributed by atoms with E-state index in [-0.39, 0.29) is 0 Å². The predicted octanol–water partition coefficient (Wildman–Crippen LogP) is 4.07. The summed E-state index contributed by atoms with van der Waals surface area (Å²) < 4.78 is 11.3. The van der Waals surface area contributed by atoms with Gasteiger partial charge in [0.2, 0.25) is 0 Å². The fraction of sp³-hybridized carbons (Fsp3) is 0.375. The van der Waals surface area contributed by atoms with Crippen molar-refractivity contribution in [3.05, 3.63) is 52.4 Å². The molecule has 0 amide bonds. The summed E-state index contributed by atoms with van der Waals surface area (Å²) in [6.07, 6.45) is 4.38. The summed E-state index contributed by atoms with van der Waals surface area (Å²) in [4.78, 5) is 0. The van der Waals surface area contributed by atoms with Crippen molar-refractivity contribution in [2.24, 2.45) is 0 Å². The third-order valence-corrected chi connectivity index (χ3v) is 3.64. The van der Waals surface area contributed by atoms with Crippen LogP contribution in [0, 0.1) is 6.92 Å². The van der Waals surface area contributed by atoms with E-state index in [9.17, 15) is 0 Å². The SMILES string of the molecule is Cc1ccc(Cl)cc1OCc1cc(CNC2CC2)co1. The van der Waals surface area contributed by atoms with Crippen molar-refractivity contribution in [3.8, 4) is 5.75 Å². The Balaban J connectivity index is 1.55. The minimum Gasteiger partial charge on any atom is -0.485 e. The van der Waals surface area contributed by atoms with Crippen LogP contribution in [0.3, 0.4) is 0 Å². The number of ether oxygens (including phenoxy) is 1. The summed E-state index contributed by atoms with van der Waals surface area (Å²) in [5, 5.41) is 4.14. The van der Waals surface area contributed by atoms with Crippen molar-refractivity contribution < 1.29 is 9.15 Å². The summed E-state index contributed by atoms with van der Waals surface area (Å²) in [6, 6.07) is 8.38. The Kier molecular flexibility index (Phi) is 3.99. The van der Waals surface area contributed by atoms with E-state index in [1.54, 1.807) is 6.26 Å². The van der Waals surface area contributed by atoms with Crippen LogP contribution in [0.15, 0.2) is 34.9 Å². The maximum Gasteiger partial charge on any atom is 0.146 e. The lowest BCUT2D eigenvalue weighted by molar-refractivity contribution is 0.268. The molecule has 1 aliphatic carbocycles. The molecule has 0 bridgehead atoms. The first-order valence-electron chi connectivity index (χ1n) is 6.89. The highest BCUT2D eigenvalue weighted by atomic mass is 35.5. The molecule has 1 aromatic carbocycles. The van der Waals surface area contributed by atoms with Crippen molar-refractivity contribution >= 4 is 11.6 Å². The third-order valence-electron chi connectivity index (χ3n) is 3.40. The molecular weight excluding hydrogens is 274 g/mol. The van der Waals surface area contributed by atoms with Gasteiger partial charge in [-0.1, -0.05) is 17.7 Å². The topological polar surface area (TPSA) is 34.4 Å². The van der Waals surface area contributed by atoms with E-state index < -0.39 is 0 Å². The summed E-state index contributed by atoms with van der Waals surface area (Å²) in [5.74, 6) is 1.63. The largest absolute Gasteiger partial charge is 0.485 e. The average molecular weight is 292 g/mol. The standard InChI is InChI=1S/C16H18ClNO2/c1-11-2-3-13(17)7-16(11)20-10-15-6-12(9-19-15)8-18-14-4-5-14/h2-3,6-7,9,14,18H,4-5,8,10H2,1H3. The van der Waals surface area contributed by atoms with Crippen molar-refractivity contribution in [2.75, 3.05) is 0 Å². The minimum absolute atomic E-state index is 0.421. The molecule has 106 valence electrons. The molecule has 20 heavy (non-hydrogen) atoms. The van der Waals surface area contributed by atoms with Gasteiger partial charge in [-0.15, -0.1) is 0 Å². The molecule has 1 aliphatic rings.